The lowest BCUT2D eigenvalue weighted by Crippen LogP contribution is -1.99. The first-order chi connectivity index (χ1) is 7.58. The van der Waals surface area contributed by atoms with Crippen molar-refractivity contribution in [2.24, 2.45) is 0 Å². The maximum absolute atomic E-state index is 10.5. The van der Waals surface area contributed by atoms with E-state index in [0.29, 0.717) is 12.2 Å². The molecule has 1 aromatic carbocycles. The van der Waals surface area contributed by atoms with Gasteiger partial charge in [-0.05, 0) is 24.6 Å². The van der Waals surface area contributed by atoms with Gasteiger partial charge in [-0.25, -0.2) is 0 Å². The normalized spacial score (nSPS) is 10.8. The molecule has 5 N–H and O–H groups in total. The van der Waals surface area contributed by atoms with E-state index in [1.54, 1.807) is 18.2 Å². The lowest BCUT2D eigenvalue weighted by molar-refractivity contribution is -0.136. The predicted molar refractivity (Wildman–Crippen MR) is 60.3 cm³/mol. The van der Waals surface area contributed by atoms with Crippen molar-refractivity contribution in [3.63, 3.8) is 0 Å². The Morgan fingerprint density at radius 2 is 2.19 bits per heavy atom. The summed E-state index contributed by atoms with van der Waals surface area (Å²) in [5.41, 5.74) is 7.30. The predicted octanol–water partition coefficient (Wildman–Crippen LogP) is 1.47. The molecule has 0 atom stereocenters. The molecule has 2 rings (SSSR count). The number of anilines is 1. The van der Waals surface area contributed by atoms with Crippen molar-refractivity contribution in [3.05, 3.63) is 23.8 Å². The molecule has 0 aliphatic rings. The van der Waals surface area contributed by atoms with Gasteiger partial charge < -0.3 is 20.9 Å². The largest absolute Gasteiger partial charge is 0.508 e. The molecular formula is C11H12N2O3. The average molecular weight is 220 g/mol. The highest BCUT2D eigenvalue weighted by Gasteiger charge is 2.11. The number of hydrogen-bond donors (Lipinski definition) is 4. The minimum Gasteiger partial charge on any atom is -0.508 e. The SMILES string of the molecule is Nc1[nH]c2ccc(O)cc2c1CCC(=O)O. The smallest absolute Gasteiger partial charge is 0.303 e. The number of H-pyrrole nitrogens is 1. The number of rotatable bonds is 3. The van der Waals surface area contributed by atoms with E-state index in [-0.39, 0.29) is 12.2 Å². The van der Waals surface area contributed by atoms with Crippen LogP contribution in [-0.2, 0) is 11.2 Å². The Kier molecular flexibility index (Phi) is 2.44. The van der Waals surface area contributed by atoms with Crippen molar-refractivity contribution in [2.75, 3.05) is 5.73 Å². The lowest BCUT2D eigenvalue weighted by atomic mass is 10.1. The number of phenols is 1. The number of hydrogen-bond acceptors (Lipinski definition) is 3. The standard InChI is InChI=1S/C11H12N2O3/c12-11-7(2-4-10(15)16)8-5-6(14)1-3-9(8)13-11/h1,3,5,13-14H,2,4,12H2,(H,15,16). The molecule has 5 nitrogen and oxygen atoms in total. The first-order valence-electron chi connectivity index (χ1n) is 4.89. The number of aryl methyl sites for hydroxylation is 1. The minimum atomic E-state index is -0.867. The highest BCUT2D eigenvalue weighted by atomic mass is 16.4. The van der Waals surface area contributed by atoms with Crippen LogP contribution in [0.3, 0.4) is 0 Å². The second-order valence-electron chi connectivity index (χ2n) is 3.64. The summed E-state index contributed by atoms with van der Waals surface area (Å²) in [6.07, 6.45) is 0.372. The number of carboxylic acids is 1. The van der Waals surface area contributed by atoms with Gasteiger partial charge in [0.15, 0.2) is 0 Å². The molecule has 5 heteroatoms. The number of aromatic nitrogens is 1. The topological polar surface area (TPSA) is 99.3 Å². The van der Waals surface area contributed by atoms with E-state index < -0.39 is 5.97 Å². The van der Waals surface area contributed by atoms with Gasteiger partial charge in [-0.3, -0.25) is 4.79 Å². The maximum atomic E-state index is 10.5. The Labute approximate surface area is 91.5 Å². The molecule has 2 aromatic rings. The summed E-state index contributed by atoms with van der Waals surface area (Å²) in [5, 5.41) is 18.8. The molecule has 0 saturated carbocycles. The summed E-state index contributed by atoms with van der Waals surface area (Å²) in [4.78, 5) is 13.5. The summed E-state index contributed by atoms with van der Waals surface area (Å²) < 4.78 is 0. The Morgan fingerprint density at radius 1 is 1.44 bits per heavy atom. The van der Waals surface area contributed by atoms with E-state index in [0.717, 1.165) is 16.5 Å². The van der Waals surface area contributed by atoms with Crippen molar-refractivity contribution in [3.8, 4) is 5.75 Å². The quantitative estimate of drug-likeness (QED) is 0.629. The maximum Gasteiger partial charge on any atom is 0.303 e. The van der Waals surface area contributed by atoms with Gasteiger partial charge in [-0.1, -0.05) is 0 Å². The molecule has 0 aliphatic heterocycles. The number of nitrogens with two attached hydrogens (primary N) is 1. The van der Waals surface area contributed by atoms with Crippen molar-refractivity contribution in [2.45, 2.75) is 12.8 Å². The van der Waals surface area contributed by atoms with Gasteiger partial charge >= 0.3 is 5.97 Å². The van der Waals surface area contributed by atoms with Gasteiger partial charge in [0, 0.05) is 22.9 Å². The average Bonchev–Trinajstić information content (AvgIpc) is 2.51. The molecule has 0 spiro atoms. The molecule has 0 fully saturated rings. The lowest BCUT2D eigenvalue weighted by Gasteiger charge is -1.98. The van der Waals surface area contributed by atoms with Gasteiger partial charge in [-0.2, -0.15) is 0 Å². The van der Waals surface area contributed by atoms with Crippen LogP contribution < -0.4 is 5.73 Å². The number of nitrogens with one attached hydrogen (secondary N) is 1. The first kappa shape index (κ1) is 10.4. The zero-order valence-corrected chi connectivity index (χ0v) is 8.53. The molecule has 0 radical (unpaired) electrons. The number of benzene rings is 1. The van der Waals surface area contributed by atoms with Crippen LogP contribution in [0.5, 0.6) is 5.75 Å². The van der Waals surface area contributed by atoms with Gasteiger partial charge in [0.25, 0.3) is 0 Å². The first-order valence-corrected chi connectivity index (χ1v) is 4.89. The number of aromatic hydroxyl groups is 1. The van der Waals surface area contributed by atoms with Crippen molar-refractivity contribution in [1.29, 1.82) is 0 Å². The Balaban J connectivity index is 2.45. The number of fused-ring (bicyclic) bond motifs is 1. The Hall–Kier alpha value is -2.17. The highest BCUT2D eigenvalue weighted by Crippen LogP contribution is 2.28. The molecule has 1 heterocycles. The van der Waals surface area contributed by atoms with Crippen LogP contribution in [0.1, 0.15) is 12.0 Å². The molecule has 0 amide bonds. The molecule has 84 valence electrons. The van der Waals surface area contributed by atoms with Crippen LogP contribution in [0, 0.1) is 0 Å². The van der Waals surface area contributed by atoms with Crippen LogP contribution in [0.2, 0.25) is 0 Å². The minimum absolute atomic E-state index is 0.0206. The fourth-order valence-electron chi connectivity index (χ4n) is 1.76. The van der Waals surface area contributed by atoms with E-state index in [1.165, 1.54) is 0 Å². The number of carboxylic acid groups (broad SMARTS) is 1. The van der Waals surface area contributed by atoms with E-state index >= 15 is 0 Å². The summed E-state index contributed by atoms with van der Waals surface area (Å²) in [5.74, 6) is -0.265. The van der Waals surface area contributed by atoms with Crippen LogP contribution in [0.25, 0.3) is 10.9 Å². The third-order valence-corrected chi connectivity index (χ3v) is 2.51. The molecule has 1 aromatic heterocycles. The van der Waals surface area contributed by atoms with E-state index in [1.807, 2.05) is 0 Å². The van der Waals surface area contributed by atoms with Gasteiger partial charge in [0.2, 0.25) is 0 Å². The molecule has 0 unspecified atom stereocenters. The van der Waals surface area contributed by atoms with Gasteiger partial charge in [0.05, 0.1) is 0 Å². The molecule has 0 saturated heterocycles. The second kappa shape index (κ2) is 3.77. The van der Waals surface area contributed by atoms with Crippen LogP contribution in [0.15, 0.2) is 18.2 Å². The second-order valence-corrected chi connectivity index (χ2v) is 3.64. The Bertz CT molecular complexity index is 545. The summed E-state index contributed by atoms with van der Waals surface area (Å²) in [7, 11) is 0. The van der Waals surface area contributed by atoms with E-state index in [9.17, 15) is 9.90 Å². The number of nitrogen functional groups attached to an aromatic ring is 1. The molecule has 0 aliphatic carbocycles. The number of carbonyl (C=O) groups is 1. The Morgan fingerprint density at radius 3 is 2.88 bits per heavy atom. The third kappa shape index (κ3) is 1.79. The summed E-state index contributed by atoms with van der Waals surface area (Å²) in [6.45, 7) is 0. The number of aromatic amines is 1. The monoisotopic (exact) mass is 220 g/mol. The van der Waals surface area contributed by atoms with Crippen molar-refractivity contribution < 1.29 is 15.0 Å². The van der Waals surface area contributed by atoms with E-state index in [4.69, 9.17) is 10.8 Å². The number of aliphatic carboxylic acids is 1. The van der Waals surface area contributed by atoms with Gasteiger partial charge in [0.1, 0.15) is 11.6 Å². The summed E-state index contributed by atoms with van der Waals surface area (Å²) >= 11 is 0. The van der Waals surface area contributed by atoms with Crippen molar-refractivity contribution >= 4 is 22.7 Å². The zero-order valence-electron chi connectivity index (χ0n) is 8.53. The molecular weight excluding hydrogens is 208 g/mol. The van der Waals surface area contributed by atoms with Crippen LogP contribution >= 0.6 is 0 Å². The van der Waals surface area contributed by atoms with E-state index in [2.05, 4.69) is 4.98 Å². The third-order valence-electron chi connectivity index (χ3n) is 2.51. The fraction of sp³-hybridized carbons (Fsp3) is 0.182. The highest BCUT2D eigenvalue weighted by molar-refractivity contribution is 5.89. The molecule has 16 heavy (non-hydrogen) atoms. The fourth-order valence-corrected chi connectivity index (χ4v) is 1.76. The van der Waals surface area contributed by atoms with Crippen molar-refractivity contribution in [1.82, 2.24) is 4.98 Å². The summed E-state index contributed by atoms with van der Waals surface area (Å²) in [6, 6.07) is 4.85. The number of phenolic OH excluding ortho intramolecular Hbond substituents is 1. The van der Waals surface area contributed by atoms with Crippen LogP contribution in [0.4, 0.5) is 5.82 Å². The zero-order chi connectivity index (χ0) is 11.7. The van der Waals surface area contributed by atoms with Gasteiger partial charge in [-0.15, -0.1) is 0 Å². The van der Waals surface area contributed by atoms with Crippen LogP contribution in [-0.4, -0.2) is 21.2 Å². The molecule has 0 bridgehead atoms.